The van der Waals surface area contributed by atoms with Crippen molar-refractivity contribution in [2.24, 2.45) is 0 Å². The molecule has 0 spiro atoms. The fraction of sp³-hybridized carbons (Fsp3) is 0.182. The third-order valence-electron chi connectivity index (χ3n) is 3.91. The molecule has 0 fully saturated rings. The van der Waals surface area contributed by atoms with Crippen molar-refractivity contribution in [2.45, 2.75) is 18.9 Å². The van der Waals surface area contributed by atoms with Crippen LogP contribution in [0, 0.1) is 11.6 Å². The van der Waals surface area contributed by atoms with Crippen molar-refractivity contribution in [3.05, 3.63) is 89.5 Å². The maximum absolute atomic E-state index is 13.2. The Morgan fingerprint density at radius 1 is 1.00 bits per heavy atom. The molecule has 0 aliphatic heterocycles. The Labute approximate surface area is 161 Å². The van der Waals surface area contributed by atoms with E-state index in [1.165, 1.54) is 37.5 Å². The van der Waals surface area contributed by atoms with Gasteiger partial charge in [0.2, 0.25) is 0 Å². The number of carbonyl (C=O) groups is 2. The number of carbonyl (C=O) groups excluding carboxylic acids is 2. The van der Waals surface area contributed by atoms with Gasteiger partial charge in [-0.05, 0) is 41.0 Å². The van der Waals surface area contributed by atoms with Gasteiger partial charge in [0.15, 0.2) is 0 Å². The van der Waals surface area contributed by atoms with Gasteiger partial charge in [-0.25, -0.2) is 8.78 Å². The molecule has 0 saturated heterocycles. The molecule has 0 amide bonds. The lowest BCUT2D eigenvalue weighted by molar-refractivity contribution is -0.143. The van der Waals surface area contributed by atoms with Gasteiger partial charge in [0.05, 0.1) is 13.2 Å². The normalized spacial score (nSPS) is 11.9. The molecule has 1 unspecified atom stereocenters. The van der Waals surface area contributed by atoms with Crippen molar-refractivity contribution < 1.29 is 28.2 Å². The van der Waals surface area contributed by atoms with Crippen molar-refractivity contribution in [1.29, 1.82) is 0 Å². The van der Waals surface area contributed by atoms with Crippen molar-refractivity contribution in [3.63, 3.8) is 0 Å². The highest BCUT2D eigenvalue weighted by Crippen LogP contribution is 2.24. The SMILES string of the molecule is COC(=O)CC(=O)CC(O)C=CC=C(c1ccc(F)cc1)c1ccc(F)cc1. The van der Waals surface area contributed by atoms with Gasteiger partial charge in [0, 0.05) is 6.42 Å². The van der Waals surface area contributed by atoms with Crippen LogP contribution in [0.3, 0.4) is 0 Å². The van der Waals surface area contributed by atoms with Crippen LogP contribution in [0.2, 0.25) is 0 Å². The summed E-state index contributed by atoms with van der Waals surface area (Å²) in [5.41, 5.74) is 2.09. The van der Waals surface area contributed by atoms with E-state index in [-0.39, 0.29) is 18.1 Å². The first-order chi connectivity index (χ1) is 13.4. The average molecular weight is 386 g/mol. The first kappa shape index (κ1) is 21.2. The molecule has 0 aliphatic rings. The Balaban J connectivity index is 2.18. The van der Waals surface area contributed by atoms with Crippen LogP contribution in [-0.2, 0) is 14.3 Å². The molecule has 28 heavy (non-hydrogen) atoms. The monoisotopic (exact) mass is 386 g/mol. The number of benzene rings is 2. The minimum absolute atomic E-state index is 0.220. The van der Waals surface area contributed by atoms with E-state index in [0.29, 0.717) is 16.7 Å². The summed E-state index contributed by atoms with van der Waals surface area (Å²) < 4.78 is 30.8. The smallest absolute Gasteiger partial charge is 0.313 e. The first-order valence-corrected chi connectivity index (χ1v) is 8.56. The number of Topliss-reactive ketones (excluding diaryl/α,β-unsaturated/α-hetero) is 1. The van der Waals surface area contributed by atoms with E-state index in [9.17, 15) is 23.5 Å². The van der Waals surface area contributed by atoms with E-state index in [0.717, 1.165) is 0 Å². The minimum atomic E-state index is -1.07. The fourth-order valence-corrected chi connectivity index (χ4v) is 2.50. The van der Waals surface area contributed by atoms with Crippen molar-refractivity contribution in [3.8, 4) is 0 Å². The summed E-state index contributed by atoms with van der Waals surface area (Å²) in [6.45, 7) is 0. The lowest BCUT2D eigenvalue weighted by Crippen LogP contribution is -2.15. The molecule has 2 aromatic carbocycles. The van der Waals surface area contributed by atoms with Crippen LogP contribution in [0.5, 0.6) is 0 Å². The molecule has 2 aromatic rings. The summed E-state index contributed by atoms with van der Waals surface area (Å²) in [6, 6.07) is 11.6. The number of halogens is 2. The third-order valence-corrected chi connectivity index (χ3v) is 3.91. The Morgan fingerprint density at radius 3 is 1.96 bits per heavy atom. The highest BCUT2D eigenvalue weighted by atomic mass is 19.1. The number of esters is 1. The summed E-state index contributed by atoms with van der Waals surface area (Å²) in [6.07, 6.45) is 2.95. The molecular formula is C22H20F2O4. The van der Waals surface area contributed by atoms with Gasteiger partial charge in [-0.2, -0.15) is 0 Å². The van der Waals surface area contributed by atoms with E-state index >= 15 is 0 Å². The Hall–Kier alpha value is -3.12. The predicted molar refractivity (Wildman–Crippen MR) is 101 cm³/mol. The van der Waals surface area contributed by atoms with E-state index < -0.39 is 24.3 Å². The van der Waals surface area contributed by atoms with Crippen LogP contribution in [0.4, 0.5) is 8.78 Å². The summed E-state index contributed by atoms with van der Waals surface area (Å²) >= 11 is 0. The molecule has 1 N–H and O–H groups in total. The van der Waals surface area contributed by atoms with Crippen molar-refractivity contribution in [2.75, 3.05) is 7.11 Å². The van der Waals surface area contributed by atoms with Crippen LogP contribution >= 0.6 is 0 Å². The van der Waals surface area contributed by atoms with E-state index in [2.05, 4.69) is 4.74 Å². The molecule has 1 atom stereocenters. The number of aliphatic hydroxyl groups excluding tert-OH is 1. The van der Waals surface area contributed by atoms with E-state index in [1.54, 1.807) is 36.4 Å². The second kappa shape index (κ2) is 10.3. The minimum Gasteiger partial charge on any atom is -0.469 e. The van der Waals surface area contributed by atoms with E-state index in [4.69, 9.17) is 0 Å². The predicted octanol–water partition coefficient (Wildman–Crippen LogP) is 3.84. The molecule has 6 heteroatoms. The lowest BCUT2D eigenvalue weighted by atomic mass is 9.97. The number of allylic oxidation sites excluding steroid dienone is 2. The second-order valence-corrected chi connectivity index (χ2v) is 6.04. The summed E-state index contributed by atoms with van der Waals surface area (Å²) in [5.74, 6) is -1.85. The first-order valence-electron chi connectivity index (χ1n) is 8.56. The van der Waals surface area contributed by atoms with Crippen molar-refractivity contribution >= 4 is 17.3 Å². The van der Waals surface area contributed by atoms with Gasteiger partial charge in [0.1, 0.15) is 23.8 Å². The topological polar surface area (TPSA) is 63.6 Å². The molecule has 0 heterocycles. The van der Waals surface area contributed by atoms with Crippen LogP contribution in [-0.4, -0.2) is 30.1 Å². The zero-order valence-corrected chi connectivity index (χ0v) is 15.3. The zero-order chi connectivity index (χ0) is 20.5. The maximum Gasteiger partial charge on any atom is 0.313 e. The molecule has 2 rings (SSSR count). The second-order valence-electron chi connectivity index (χ2n) is 6.04. The molecular weight excluding hydrogens is 366 g/mol. The number of rotatable bonds is 8. The van der Waals surface area contributed by atoms with Crippen molar-refractivity contribution in [1.82, 2.24) is 0 Å². The largest absolute Gasteiger partial charge is 0.469 e. The highest BCUT2D eigenvalue weighted by molar-refractivity contribution is 5.95. The Morgan fingerprint density at radius 2 is 1.50 bits per heavy atom. The highest BCUT2D eigenvalue weighted by Gasteiger charge is 2.13. The standard InChI is InChI=1S/C22H20F2O4/c1-28-22(27)14-20(26)13-19(25)3-2-4-21(15-5-9-17(23)10-6-15)16-7-11-18(24)12-8-16/h2-12,19,25H,13-14H2,1H3. The lowest BCUT2D eigenvalue weighted by Gasteiger charge is -2.08. The van der Waals surface area contributed by atoms with Gasteiger partial charge in [-0.1, -0.05) is 42.5 Å². The van der Waals surface area contributed by atoms with Gasteiger partial charge >= 0.3 is 5.97 Å². The summed E-state index contributed by atoms with van der Waals surface area (Å²) in [4.78, 5) is 22.7. The molecule has 146 valence electrons. The average Bonchev–Trinajstić information content (AvgIpc) is 2.67. The van der Waals surface area contributed by atoms with Crippen LogP contribution in [0.15, 0.2) is 66.8 Å². The Kier molecular flexibility index (Phi) is 7.77. The third kappa shape index (κ3) is 6.55. The number of ketones is 1. The maximum atomic E-state index is 13.2. The quantitative estimate of drug-likeness (QED) is 0.425. The van der Waals surface area contributed by atoms with Crippen LogP contribution in [0.25, 0.3) is 5.57 Å². The van der Waals surface area contributed by atoms with Crippen LogP contribution in [0.1, 0.15) is 24.0 Å². The van der Waals surface area contributed by atoms with Gasteiger partial charge in [-0.3, -0.25) is 9.59 Å². The van der Waals surface area contributed by atoms with Gasteiger partial charge < -0.3 is 9.84 Å². The van der Waals surface area contributed by atoms with Crippen LogP contribution < -0.4 is 0 Å². The number of ether oxygens (including phenoxy) is 1. The molecule has 0 aromatic heterocycles. The molecule has 0 aliphatic carbocycles. The summed E-state index contributed by atoms with van der Waals surface area (Å²) in [5, 5.41) is 9.94. The van der Waals surface area contributed by atoms with Gasteiger partial charge in [0.25, 0.3) is 0 Å². The van der Waals surface area contributed by atoms with Gasteiger partial charge in [-0.15, -0.1) is 0 Å². The Bertz CT molecular complexity index is 821. The number of hydrogen-bond acceptors (Lipinski definition) is 4. The fourth-order valence-electron chi connectivity index (χ4n) is 2.50. The molecule has 0 bridgehead atoms. The number of methoxy groups -OCH3 is 1. The molecule has 4 nitrogen and oxygen atoms in total. The summed E-state index contributed by atoms with van der Waals surface area (Å²) in [7, 11) is 1.18. The number of hydrogen-bond donors (Lipinski definition) is 1. The van der Waals surface area contributed by atoms with E-state index in [1.807, 2.05) is 0 Å². The molecule has 0 radical (unpaired) electrons. The number of aliphatic hydroxyl groups is 1. The molecule has 0 saturated carbocycles. The zero-order valence-electron chi connectivity index (χ0n) is 15.3.